The van der Waals surface area contributed by atoms with E-state index < -0.39 is 0 Å². The van der Waals surface area contributed by atoms with Crippen LogP contribution in [0.4, 0.5) is 0 Å². The third-order valence-electron chi connectivity index (χ3n) is 3.86. The van der Waals surface area contributed by atoms with Crippen LogP contribution in [0, 0.1) is 5.92 Å². The second-order valence-electron chi connectivity index (χ2n) is 5.34. The van der Waals surface area contributed by atoms with E-state index in [-0.39, 0.29) is 23.8 Å². The van der Waals surface area contributed by atoms with Crippen LogP contribution < -0.4 is 16.8 Å². The Morgan fingerprint density at radius 2 is 1.90 bits per heavy atom. The molecule has 1 saturated carbocycles. The predicted molar refractivity (Wildman–Crippen MR) is 76.7 cm³/mol. The van der Waals surface area contributed by atoms with Crippen molar-refractivity contribution in [2.24, 2.45) is 17.4 Å². The molecule has 2 rings (SSSR count). The fourth-order valence-electron chi connectivity index (χ4n) is 2.64. The molecule has 0 aromatic heterocycles. The lowest BCUT2D eigenvalue weighted by atomic mass is 9.85. The summed E-state index contributed by atoms with van der Waals surface area (Å²) in [7, 11) is 0. The molecule has 5 heteroatoms. The fraction of sp³-hybridized carbons (Fsp3) is 0.467. The lowest BCUT2D eigenvalue weighted by molar-refractivity contribution is -0.122. The molecule has 0 spiro atoms. The van der Waals surface area contributed by atoms with Gasteiger partial charge in [-0.05, 0) is 37.0 Å². The molecule has 1 fully saturated rings. The molecule has 20 heavy (non-hydrogen) atoms. The molecule has 1 aliphatic rings. The first-order valence-electron chi connectivity index (χ1n) is 6.99. The van der Waals surface area contributed by atoms with E-state index in [1.807, 2.05) is 12.1 Å². The predicted octanol–water partition coefficient (Wildman–Crippen LogP) is 0.919. The first kappa shape index (κ1) is 14.5. The van der Waals surface area contributed by atoms with Gasteiger partial charge in [0, 0.05) is 24.1 Å². The molecule has 108 valence electrons. The van der Waals surface area contributed by atoms with Crippen LogP contribution in [-0.4, -0.2) is 17.9 Å². The normalized spacial score (nSPS) is 22.2. The Hall–Kier alpha value is -1.88. The van der Waals surface area contributed by atoms with Gasteiger partial charge in [-0.2, -0.15) is 0 Å². The van der Waals surface area contributed by atoms with E-state index in [0.29, 0.717) is 18.5 Å². The molecule has 2 unspecified atom stereocenters. The first-order chi connectivity index (χ1) is 9.60. The second kappa shape index (κ2) is 6.52. The smallest absolute Gasteiger partial charge is 0.251 e. The van der Waals surface area contributed by atoms with Crippen LogP contribution >= 0.6 is 0 Å². The number of benzene rings is 1. The Morgan fingerprint density at radius 3 is 2.50 bits per heavy atom. The third-order valence-corrected chi connectivity index (χ3v) is 3.86. The van der Waals surface area contributed by atoms with Crippen molar-refractivity contribution in [1.29, 1.82) is 0 Å². The summed E-state index contributed by atoms with van der Waals surface area (Å²) >= 11 is 0. The summed E-state index contributed by atoms with van der Waals surface area (Å²) in [6, 6.07) is 7.27. The molecule has 0 bridgehead atoms. The summed E-state index contributed by atoms with van der Waals surface area (Å²) in [5.74, 6) is -0.492. The minimum atomic E-state index is -0.267. The maximum Gasteiger partial charge on any atom is 0.251 e. The number of nitrogens with one attached hydrogen (secondary N) is 1. The van der Waals surface area contributed by atoms with E-state index in [1.54, 1.807) is 12.1 Å². The van der Waals surface area contributed by atoms with Gasteiger partial charge in [0.2, 0.25) is 5.91 Å². The molecule has 1 aromatic rings. The van der Waals surface area contributed by atoms with E-state index in [4.69, 9.17) is 11.5 Å². The molecule has 0 radical (unpaired) electrons. The average molecular weight is 275 g/mol. The van der Waals surface area contributed by atoms with E-state index in [0.717, 1.165) is 24.8 Å². The van der Waals surface area contributed by atoms with Crippen LogP contribution in [0.25, 0.3) is 0 Å². The van der Waals surface area contributed by atoms with Gasteiger partial charge in [0.05, 0.1) is 0 Å². The highest BCUT2D eigenvalue weighted by molar-refractivity contribution is 5.94. The fourth-order valence-corrected chi connectivity index (χ4v) is 2.64. The molecule has 0 saturated heterocycles. The van der Waals surface area contributed by atoms with Gasteiger partial charge in [-0.1, -0.05) is 18.6 Å². The third kappa shape index (κ3) is 3.57. The SMILES string of the molecule is NCc1ccc(C(=O)NC2CCCC(C(N)=O)C2)cc1. The molecular weight excluding hydrogens is 254 g/mol. The minimum absolute atomic E-state index is 0.0305. The summed E-state index contributed by atoms with van der Waals surface area (Å²) in [5.41, 5.74) is 12.5. The van der Waals surface area contributed by atoms with E-state index >= 15 is 0 Å². The number of amides is 2. The summed E-state index contributed by atoms with van der Waals surface area (Å²) in [6.07, 6.45) is 3.29. The molecule has 0 heterocycles. The standard InChI is InChI=1S/C15H21N3O2/c16-9-10-4-6-11(7-5-10)15(20)18-13-3-1-2-12(8-13)14(17)19/h4-7,12-13H,1-3,8-9,16H2,(H2,17,19)(H,18,20). The van der Waals surface area contributed by atoms with Crippen LogP contribution in [0.5, 0.6) is 0 Å². The first-order valence-corrected chi connectivity index (χ1v) is 6.99. The number of rotatable bonds is 4. The van der Waals surface area contributed by atoms with Crippen LogP contribution in [0.15, 0.2) is 24.3 Å². The maximum absolute atomic E-state index is 12.1. The van der Waals surface area contributed by atoms with Crippen molar-refractivity contribution in [1.82, 2.24) is 5.32 Å². The van der Waals surface area contributed by atoms with Crippen LogP contribution in [0.2, 0.25) is 0 Å². The summed E-state index contributed by atoms with van der Waals surface area (Å²) in [6.45, 7) is 0.463. The molecule has 5 N–H and O–H groups in total. The van der Waals surface area contributed by atoms with Crippen LogP contribution in [-0.2, 0) is 11.3 Å². The van der Waals surface area contributed by atoms with Crippen molar-refractivity contribution >= 4 is 11.8 Å². The Labute approximate surface area is 118 Å². The van der Waals surface area contributed by atoms with Gasteiger partial charge in [0.15, 0.2) is 0 Å². The molecule has 0 aliphatic heterocycles. The maximum atomic E-state index is 12.1. The second-order valence-corrected chi connectivity index (χ2v) is 5.34. The Kier molecular flexibility index (Phi) is 4.74. The van der Waals surface area contributed by atoms with Crippen molar-refractivity contribution in [3.05, 3.63) is 35.4 Å². The van der Waals surface area contributed by atoms with Crippen molar-refractivity contribution in [3.63, 3.8) is 0 Å². The highest BCUT2D eigenvalue weighted by Gasteiger charge is 2.26. The topological polar surface area (TPSA) is 98.2 Å². The number of hydrogen-bond donors (Lipinski definition) is 3. The number of carbonyl (C=O) groups excluding carboxylic acids is 2. The van der Waals surface area contributed by atoms with Gasteiger partial charge in [-0.3, -0.25) is 9.59 Å². The van der Waals surface area contributed by atoms with E-state index in [9.17, 15) is 9.59 Å². The summed E-state index contributed by atoms with van der Waals surface area (Å²) < 4.78 is 0. The van der Waals surface area contributed by atoms with Crippen LogP contribution in [0.1, 0.15) is 41.6 Å². The Balaban J connectivity index is 1.94. The molecular formula is C15H21N3O2. The summed E-state index contributed by atoms with van der Waals surface area (Å²) in [5, 5.41) is 2.98. The zero-order valence-corrected chi connectivity index (χ0v) is 11.5. The van der Waals surface area contributed by atoms with Crippen molar-refractivity contribution in [2.75, 3.05) is 0 Å². The van der Waals surface area contributed by atoms with E-state index in [2.05, 4.69) is 5.32 Å². The zero-order chi connectivity index (χ0) is 14.5. The largest absolute Gasteiger partial charge is 0.369 e. The van der Waals surface area contributed by atoms with E-state index in [1.165, 1.54) is 0 Å². The molecule has 5 nitrogen and oxygen atoms in total. The lowest BCUT2D eigenvalue weighted by Gasteiger charge is -2.27. The lowest BCUT2D eigenvalue weighted by Crippen LogP contribution is -2.41. The molecule has 2 atom stereocenters. The van der Waals surface area contributed by atoms with Gasteiger partial charge in [0.1, 0.15) is 0 Å². The van der Waals surface area contributed by atoms with Crippen molar-refractivity contribution in [3.8, 4) is 0 Å². The van der Waals surface area contributed by atoms with Gasteiger partial charge >= 0.3 is 0 Å². The molecule has 2 amide bonds. The molecule has 1 aliphatic carbocycles. The van der Waals surface area contributed by atoms with Gasteiger partial charge in [-0.25, -0.2) is 0 Å². The molecule has 1 aromatic carbocycles. The van der Waals surface area contributed by atoms with Gasteiger partial charge in [0.25, 0.3) is 5.91 Å². The van der Waals surface area contributed by atoms with Gasteiger partial charge in [-0.15, -0.1) is 0 Å². The quantitative estimate of drug-likeness (QED) is 0.762. The highest BCUT2D eigenvalue weighted by Crippen LogP contribution is 2.24. The average Bonchev–Trinajstić information content (AvgIpc) is 2.47. The van der Waals surface area contributed by atoms with Crippen molar-refractivity contribution < 1.29 is 9.59 Å². The van der Waals surface area contributed by atoms with Gasteiger partial charge < -0.3 is 16.8 Å². The Bertz CT molecular complexity index is 484. The number of primary amides is 1. The number of nitrogens with two attached hydrogens (primary N) is 2. The summed E-state index contributed by atoms with van der Waals surface area (Å²) in [4.78, 5) is 23.4. The highest BCUT2D eigenvalue weighted by atomic mass is 16.2. The monoisotopic (exact) mass is 275 g/mol. The number of carbonyl (C=O) groups is 2. The Morgan fingerprint density at radius 1 is 1.20 bits per heavy atom. The van der Waals surface area contributed by atoms with Crippen LogP contribution in [0.3, 0.4) is 0 Å². The number of hydrogen-bond acceptors (Lipinski definition) is 3. The zero-order valence-electron chi connectivity index (χ0n) is 11.5. The van der Waals surface area contributed by atoms with Crippen molar-refractivity contribution in [2.45, 2.75) is 38.3 Å². The minimum Gasteiger partial charge on any atom is -0.369 e.